The Morgan fingerprint density at radius 1 is 1.41 bits per heavy atom. The lowest BCUT2D eigenvalue weighted by Crippen LogP contribution is -2.47. The number of piperidine rings is 1. The molecule has 1 heterocycles. The van der Waals surface area contributed by atoms with E-state index < -0.39 is 5.97 Å². The third-order valence-corrected chi connectivity index (χ3v) is 3.42. The second-order valence-electron chi connectivity index (χ2n) is 5.41. The largest absolute Gasteiger partial charge is 0.480 e. The third-order valence-electron chi connectivity index (χ3n) is 3.42. The van der Waals surface area contributed by atoms with Gasteiger partial charge in [-0.1, -0.05) is 20.8 Å². The van der Waals surface area contributed by atoms with Crippen LogP contribution in [0.25, 0.3) is 0 Å². The highest BCUT2D eigenvalue weighted by Crippen LogP contribution is 2.21. The average Bonchev–Trinajstić information content (AvgIpc) is 2.26. The first-order chi connectivity index (χ1) is 8.04. The summed E-state index contributed by atoms with van der Waals surface area (Å²) in [5.74, 6) is 0.278. The van der Waals surface area contributed by atoms with Gasteiger partial charge in [0.15, 0.2) is 0 Å². The predicted molar refractivity (Wildman–Crippen MR) is 69.1 cm³/mol. The first kappa shape index (κ1) is 14.5. The minimum atomic E-state index is -0.700. The number of aliphatic carboxylic acids is 1. The predicted octanol–water partition coefficient (Wildman–Crippen LogP) is 1.42. The van der Waals surface area contributed by atoms with Crippen molar-refractivity contribution in [2.75, 3.05) is 26.2 Å². The van der Waals surface area contributed by atoms with E-state index in [-0.39, 0.29) is 12.0 Å². The molecule has 4 nitrogen and oxygen atoms in total. The van der Waals surface area contributed by atoms with Crippen LogP contribution in [0.15, 0.2) is 0 Å². The monoisotopic (exact) mass is 242 g/mol. The van der Waals surface area contributed by atoms with Gasteiger partial charge >= 0.3 is 5.97 Å². The third kappa shape index (κ3) is 4.64. The van der Waals surface area contributed by atoms with Crippen molar-refractivity contribution in [2.45, 2.75) is 39.7 Å². The number of likely N-dealkylation sites (N-methyl/N-ethyl adjacent to an activating group) is 1. The lowest BCUT2D eigenvalue weighted by atomic mass is 9.89. The van der Waals surface area contributed by atoms with Crippen molar-refractivity contribution in [1.82, 2.24) is 10.2 Å². The van der Waals surface area contributed by atoms with E-state index in [2.05, 4.69) is 24.1 Å². The molecule has 17 heavy (non-hydrogen) atoms. The first-order valence-electron chi connectivity index (χ1n) is 6.73. The molecule has 1 fully saturated rings. The molecule has 0 aromatic carbocycles. The molecular weight excluding hydrogens is 216 g/mol. The van der Waals surface area contributed by atoms with Crippen LogP contribution in [0.4, 0.5) is 0 Å². The van der Waals surface area contributed by atoms with Crippen LogP contribution < -0.4 is 5.32 Å². The molecule has 0 radical (unpaired) electrons. The normalized spacial score (nSPS) is 20.7. The van der Waals surface area contributed by atoms with Crippen LogP contribution in [0.2, 0.25) is 0 Å². The molecule has 0 aliphatic carbocycles. The highest BCUT2D eigenvalue weighted by molar-refractivity contribution is 5.73. The first-order valence-corrected chi connectivity index (χ1v) is 6.73. The Labute approximate surface area is 104 Å². The number of carbonyl (C=O) groups is 1. The molecule has 0 saturated carbocycles. The number of rotatable bonds is 6. The summed E-state index contributed by atoms with van der Waals surface area (Å²) in [6, 6.07) is -0.360. The summed E-state index contributed by atoms with van der Waals surface area (Å²) in [5.41, 5.74) is 0. The fourth-order valence-corrected chi connectivity index (χ4v) is 2.66. The van der Waals surface area contributed by atoms with E-state index in [4.69, 9.17) is 0 Å². The minimum Gasteiger partial charge on any atom is -0.480 e. The molecule has 1 atom stereocenters. The molecule has 100 valence electrons. The number of hydrogen-bond donors (Lipinski definition) is 2. The number of carboxylic acids is 1. The van der Waals surface area contributed by atoms with Crippen molar-refractivity contribution in [3.05, 3.63) is 0 Å². The summed E-state index contributed by atoms with van der Waals surface area (Å²) in [6.07, 6.45) is 1.99. The molecule has 1 aliphatic heterocycles. The van der Waals surface area contributed by atoms with Gasteiger partial charge in [-0.25, -0.2) is 0 Å². The van der Waals surface area contributed by atoms with Gasteiger partial charge in [-0.3, -0.25) is 4.79 Å². The van der Waals surface area contributed by atoms with Gasteiger partial charge in [0.1, 0.15) is 6.04 Å². The summed E-state index contributed by atoms with van der Waals surface area (Å²) in [4.78, 5) is 13.6. The van der Waals surface area contributed by atoms with Crippen LogP contribution in [-0.2, 0) is 4.79 Å². The lowest BCUT2D eigenvalue weighted by Gasteiger charge is -2.35. The second-order valence-corrected chi connectivity index (χ2v) is 5.41. The summed E-state index contributed by atoms with van der Waals surface area (Å²) in [6.45, 7) is 10.4. The zero-order valence-corrected chi connectivity index (χ0v) is 11.3. The van der Waals surface area contributed by atoms with Crippen LogP contribution >= 0.6 is 0 Å². The SMILES string of the molecule is CCNC(C(=O)O)C1CCN(CC(C)C)CC1. The summed E-state index contributed by atoms with van der Waals surface area (Å²) in [7, 11) is 0. The fourth-order valence-electron chi connectivity index (χ4n) is 2.66. The number of hydrogen-bond acceptors (Lipinski definition) is 3. The smallest absolute Gasteiger partial charge is 0.320 e. The van der Waals surface area contributed by atoms with Crippen molar-refractivity contribution in [2.24, 2.45) is 11.8 Å². The van der Waals surface area contributed by atoms with E-state index in [0.717, 1.165) is 39.0 Å². The molecular formula is C13H26N2O2. The number of nitrogens with zero attached hydrogens (tertiary/aromatic N) is 1. The van der Waals surface area contributed by atoms with E-state index in [0.29, 0.717) is 5.92 Å². The molecule has 2 N–H and O–H groups in total. The Hall–Kier alpha value is -0.610. The molecule has 4 heteroatoms. The van der Waals surface area contributed by atoms with Gasteiger partial charge in [-0.05, 0) is 44.3 Å². The van der Waals surface area contributed by atoms with Crippen LogP contribution in [0.1, 0.15) is 33.6 Å². The quantitative estimate of drug-likeness (QED) is 0.739. The average molecular weight is 242 g/mol. The van der Waals surface area contributed by atoms with E-state index >= 15 is 0 Å². The standard InChI is InChI=1S/C13H26N2O2/c1-4-14-12(13(16)17)11-5-7-15(8-6-11)9-10(2)3/h10-12,14H,4-9H2,1-3H3,(H,16,17). The van der Waals surface area contributed by atoms with E-state index in [9.17, 15) is 9.90 Å². The van der Waals surface area contributed by atoms with Gasteiger partial charge in [0, 0.05) is 6.54 Å². The molecule has 0 aromatic rings. The molecule has 1 aliphatic rings. The van der Waals surface area contributed by atoms with E-state index in [1.807, 2.05) is 6.92 Å². The Kier molecular flexibility index (Phi) is 5.92. The van der Waals surface area contributed by atoms with Crippen LogP contribution in [0.5, 0.6) is 0 Å². The minimum absolute atomic E-state index is 0.288. The molecule has 0 spiro atoms. The van der Waals surface area contributed by atoms with E-state index in [1.165, 1.54) is 0 Å². The highest BCUT2D eigenvalue weighted by atomic mass is 16.4. The van der Waals surface area contributed by atoms with Crippen molar-refractivity contribution in [1.29, 1.82) is 0 Å². The maximum atomic E-state index is 11.2. The van der Waals surface area contributed by atoms with Gasteiger partial charge in [-0.15, -0.1) is 0 Å². The van der Waals surface area contributed by atoms with Crippen molar-refractivity contribution >= 4 is 5.97 Å². The topological polar surface area (TPSA) is 52.6 Å². The fraction of sp³-hybridized carbons (Fsp3) is 0.923. The van der Waals surface area contributed by atoms with Gasteiger partial charge in [0.2, 0.25) is 0 Å². The number of nitrogens with one attached hydrogen (secondary N) is 1. The molecule has 0 amide bonds. The molecule has 0 bridgehead atoms. The Balaban J connectivity index is 2.41. The Bertz CT molecular complexity index is 236. The van der Waals surface area contributed by atoms with Crippen molar-refractivity contribution < 1.29 is 9.90 Å². The lowest BCUT2D eigenvalue weighted by molar-refractivity contribution is -0.141. The van der Waals surface area contributed by atoms with E-state index in [1.54, 1.807) is 0 Å². The van der Waals surface area contributed by atoms with Gasteiger partial charge in [0.05, 0.1) is 0 Å². The Morgan fingerprint density at radius 2 is 2.00 bits per heavy atom. The summed E-state index contributed by atoms with van der Waals surface area (Å²) < 4.78 is 0. The molecule has 0 aromatic heterocycles. The van der Waals surface area contributed by atoms with Crippen LogP contribution in [-0.4, -0.2) is 48.2 Å². The molecule has 1 rings (SSSR count). The molecule has 1 saturated heterocycles. The van der Waals surface area contributed by atoms with Crippen molar-refractivity contribution in [3.8, 4) is 0 Å². The van der Waals surface area contributed by atoms with Gasteiger partial charge < -0.3 is 15.3 Å². The highest BCUT2D eigenvalue weighted by Gasteiger charge is 2.30. The van der Waals surface area contributed by atoms with Crippen molar-refractivity contribution in [3.63, 3.8) is 0 Å². The summed E-state index contributed by atoms with van der Waals surface area (Å²) in [5, 5.41) is 12.3. The zero-order chi connectivity index (χ0) is 12.8. The zero-order valence-electron chi connectivity index (χ0n) is 11.3. The van der Waals surface area contributed by atoms with Gasteiger partial charge in [0.25, 0.3) is 0 Å². The van der Waals surface area contributed by atoms with Crippen LogP contribution in [0, 0.1) is 11.8 Å². The Morgan fingerprint density at radius 3 is 2.41 bits per heavy atom. The summed E-state index contributed by atoms with van der Waals surface area (Å²) >= 11 is 0. The maximum Gasteiger partial charge on any atom is 0.320 e. The maximum absolute atomic E-state index is 11.2. The second kappa shape index (κ2) is 6.97. The van der Waals surface area contributed by atoms with Crippen LogP contribution in [0.3, 0.4) is 0 Å². The van der Waals surface area contributed by atoms with Gasteiger partial charge in [-0.2, -0.15) is 0 Å². The number of likely N-dealkylation sites (tertiary alicyclic amines) is 1. The molecule has 1 unspecified atom stereocenters. The number of carboxylic acid groups (broad SMARTS) is 1.